The Morgan fingerprint density at radius 2 is 2.05 bits per heavy atom. The SMILES string of the molecule is COc1cccc(C(=O)OCC(=O)NC(C)C)c1O. The van der Waals surface area contributed by atoms with Crippen molar-refractivity contribution >= 4 is 11.9 Å². The molecule has 6 heteroatoms. The molecule has 104 valence electrons. The molecule has 0 radical (unpaired) electrons. The summed E-state index contributed by atoms with van der Waals surface area (Å²) in [4.78, 5) is 23.0. The van der Waals surface area contributed by atoms with Crippen LogP contribution >= 0.6 is 0 Å². The summed E-state index contributed by atoms with van der Waals surface area (Å²) < 4.78 is 9.68. The van der Waals surface area contributed by atoms with Crippen LogP contribution in [0.15, 0.2) is 18.2 Å². The molecule has 0 aliphatic carbocycles. The Bertz CT molecular complexity index is 470. The molecule has 0 spiro atoms. The second kappa shape index (κ2) is 6.63. The lowest BCUT2D eigenvalue weighted by Gasteiger charge is -2.10. The first-order chi connectivity index (χ1) is 8.95. The van der Waals surface area contributed by atoms with E-state index in [1.54, 1.807) is 19.9 Å². The first kappa shape index (κ1) is 14.8. The molecule has 0 aliphatic rings. The number of rotatable bonds is 5. The quantitative estimate of drug-likeness (QED) is 0.780. The molecule has 0 bridgehead atoms. The molecule has 1 aromatic rings. The molecule has 0 atom stereocenters. The fraction of sp³-hybridized carbons (Fsp3) is 0.385. The van der Waals surface area contributed by atoms with Crippen LogP contribution in [0, 0.1) is 0 Å². The van der Waals surface area contributed by atoms with Crippen molar-refractivity contribution in [2.24, 2.45) is 0 Å². The van der Waals surface area contributed by atoms with Crippen LogP contribution in [0.3, 0.4) is 0 Å². The molecule has 1 rings (SSSR count). The Kier molecular flexibility index (Phi) is 5.17. The number of carbonyl (C=O) groups excluding carboxylic acids is 2. The highest BCUT2D eigenvalue weighted by Crippen LogP contribution is 2.29. The number of nitrogens with one attached hydrogen (secondary N) is 1. The summed E-state index contributed by atoms with van der Waals surface area (Å²) >= 11 is 0. The van der Waals surface area contributed by atoms with Gasteiger partial charge in [-0.2, -0.15) is 0 Å². The standard InChI is InChI=1S/C13H17NO5/c1-8(2)14-11(15)7-19-13(17)9-5-4-6-10(18-3)12(9)16/h4-6,8,16H,7H2,1-3H3,(H,14,15). The van der Waals surface area contributed by atoms with Crippen LogP contribution in [0.25, 0.3) is 0 Å². The van der Waals surface area contributed by atoms with E-state index in [1.165, 1.54) is 19.2 Å². The Morgan fingerprint density at radius 1 is 1.37 bits per heavy atom. The number of phenols is 1. The van der Waals surface area contributed by atoms with Crippen LogP contribution in [-0.2, 0) is 9.53 Å². The van der Waals surface area contributed by atoms with E-state index in [2.05, 4.69) is 5.32 Å². The highest BCUT2D eigenvalue weighted by Gasteiger charge is 2.17. The molecule has 0 saturated heterocycles. The van der Waals surface area contributed by atoms with Crippen molar-refractivity contribution in [1.29, 1.82) is 0 Å². The molecule has 0 heterocycles. The smallest absolute Gasteiger partial charge is 0.342 e. The minimum Gasteiger partial charge on any atom is -0.504 e. The Hall–Kier alpha value is -2.24. The zero-order valence-corrected chi connectivity index (χ0v) is 11.1. The van der Waals surface area contributed by atoms with Gasteiger partial charge in [0.1, 0.15) is 5.56 Å². The number of phenolic OH excluding ortho intramolecular Hbond substituents is 1. The topological polar surface area (TPSA) is 84.9 Å². The number of hydrogen-bond acceptors (Lipinski definition) is 5. The predicted molar refractivity (Wildman–Crippen MR) is 68.2 cm³/mol. The van der Waals surface area contributed by atoms with E-state index < -0.39 is 18.5 Å². The Balaban J connectivity index is 2.66. The monoisotopic (exact) mass is 267 g/mol. The van der Waals surface area contributed by atoms with Crippen LogP contribution in [-0.4, -0.2) is 36.7 Å². The second-order valence-corrected chi connectivity index (χ2v) is 4.15. The number of para-hydroxylation sites is 1. The van der Waals surface area contributed by atoms with Crippen LogP contribution in [0.4, 0.5) is 0 Å². The second-order valence-electron chi connectivity index (χ2n) is 4.15. The number of aromatic hydroxyl groups is 1. The van der Waals surface area contributed by atoms with Crippen LogP contribution in [0.1, 0.15) is 24.2 Å². The lowest BCUT2D eigenvalue weighted by atomic mass is 10.2. The molecule has 19 heavy (non-hydrogen) atoms. The fourth-order valence-corrected chi connectivity index (χ4v) is 1.42. The third-order valence-electron chi connectivity index (χ3n) is 2.22. The van der Waals surface area contributed by atoms with E-state index in [4.69, 9.17) is 9.47 Å². The van der Waals surface area contributed by atoms with Gasteiger partial charge in [0.25, 0.3) is 5.91 Å². The van der Waals surface area contributed by atoms with Crippen molar-refractivity contribution in [2.75, 3.05) is 13.7 Å². The summed E-state index contributed by atoms with van der Waals surface area (Å²) in [5.41, 5.74) is -0.0447. The Labute approximate surface area is 111 Å². The normalized spacial score (nSPS) is 10.1. The molecule has 0 aromatic heterocycles. The maximum atomic E-state index is 11.7. The highest BCUT2D eigenvalue weighted by molar-refractivity contribution is 5.94. The van der Waals surface area contributed by atoms with Crippen molar-refractivity contribution < 1.29 is 24.2 Å². The number of carbonyl (C=O) groups is 2. The summed E-state index contributed by atoms with van der Waals surface area (Å²) in [6.07, 6.45) is 0. The summed E-state index contributed by atoms with van der Waals surface area (Å²) in [5.74, 6) is -1.32. The van der Waals surface area contributed by atoms with Gasteiger partial charge in [-0.3, -0.25) is 4.79 Å². The lowest BCUT2D eigenvalue weighted by Crippen LogP contribution is -2.34. The molecular formula is C13H17NO5. The van der Waals surface area contributed by atoms with Crippen molar-refractivity contribution in [1.82, 2.24) is 5.32 Å². The van der Waals surface area contributed by atoms with Gasteiger partial charge in [0.15, 0.2) is 18.1 Å². The van der Waals surface area contributed by atoms with Crippen molar-refractivity contribution in [3.63, 3.8) is 0 Å². The molecule has 0 unspecified atom stereocenters. The van der Waals surface area contributed by atoms with Gasteiger partial charge in [0.05, 0.1) is 7.11 Å². The van der Waals surface area contributed by atoms with E-state index >= 15 is 0 Å². The van der Waals surface area contributed by atoms with Gasteiger partial charge in [-0.1, -0.05) is 6.07 Å². The van der Waals surface area contributed by atoms with E-state index in [0.717, 1.165) is 0 Å². The number of hydrogen-bond donors (Lipinski definition) is 2. The summed E-state index contributed by atoms with van der Waals surface area (Å²) in [5, 5.41) is 12.3. The third-order valence-corrected chi connectivity index (χ3v) is 2.22. The number of ether oxygens (including phenoxy) is 2. The number of benzene rings is 1. The molecule has 1 aromatic carbocycles. The first-order valence-corrected chi connectivity index (χ1v) is 5.78. The predicted octanol–water partition coefficient (Wildman–Crippen LogP) is 1.08. The van der Waals surface area contributed by atoms with E-state index in [0.29, 0.717) is 0 Å². The van der Waals surface area contributed by atoms with Crippen molar-refractivity contribution in [2.45, 2.75) is 19.9 Å². The van der Waals surface area contributed by atoms with Gasteiger partial charge in [0, 0.05) is 6.04 Å². The number of esters is 1. The minimum atomic E-state index is -0.782. The molecule has 0 aliphatic heterocycles. The summed E-state index contributed by atoms with van der Waals surface area (Å²) in [6.45, 7) is 3.20. The van der Waals surface area contributed by atoms with Crippen molar-refractivity contribution in [3.8, 4) is 11.5 Å². The molecule has 0 fully saturated rings. The Morgan fingerprint density at radius 3 is 2.63 bits per heavy atom. The van der Waals surface area contributed by atoms with Gasteiger partial charge >= 0.3 is 5.97 Å². The highest BCUT2D eigenvalue weighted by atomic mass is 16.5. The van der Waals surface area contributed by atoms with E-state index in [9.17, 15) is 14.7 Å². The maximum Gasteiger partial charge on any atom is 0.342 e. The summed E-state index contributed by atoms with van der Waals surface area (Å²) in [6, 6.07) is 4.41. The first-order valence-electron chi connectivity index (χ1n) is 5.78. The fourth-order valence-electron chi connectivity index (χ4n) is 1.42. The van der Waals surface area contributed by atoms with Gasteiger partial charge in [-0.05, 0) is 26.0 Å². The van der Waals surface area contributed by atoms with E-state index in [1.807, 2.05) is 0 Å². The summed E-state index contributed by atoms with van der Waals surface area (Å²) in [7, 11) is 1.38. The molecule has 1 amide bonds. The van der Waals surface area contributed by atoms with E-state index in [-0.39, 0.29) is 23.1 Å². The number of amides is 1. The zero-order valence-electron chi connectivity index (χ0n) is 11.1. The average molecular weight is 267 g/mol. The lowest BCUT2D eigenvalue weighted by molar-refractivity contribution is -0.124. The third kappa shape index (κ3) is 4.17. The van der Waals surface area contributed by atoms with Gasteiger partial charge in [-0.25, -0.2) is 4.79 Å². The maximum absolute atomic E-state index is 11.7. The molecule has 2 N–H and O–H groups in total. The van der Waals surface area contributed by atoms with Crippen molar-refractivity contribution in [3.05, 3.63) is 23.8 Å². The number of methoxy groups -OCH3 is 1. The molecule has 0 saturated carbocycles. The minimum absolute atomic E-state index is 0.0311. The van der Waals surface area contributed by atoms with Gasteiger partial charge in [-0.15, -0.1) is 0 Å². The van der Waals surface area contributed by atoms with Gasteiger partial charge < -0.3 is 19.9 Å². The van der Waals surface area contributed by atoms with Crippen LogP contribution < -0.4 is 10.1 Å². The zero-order chi connectivity index (χ0) is 14.4. The molecule has 6 nitrogen and oxygen atoms in total. The van der Waals surface area contributed by atoms with Gasteiger partial charge in [0.2, 0.25) is 0 Å². The molecular weight excluding hydrogens is 250 g/mol. The average Bonchev–Trinajstić information content (AvgIpc) is 2.35. The van der Waals surface area contributed by atoms with Crippen LogP contribution in [0.5, 0.6) is 11.5 Å². The van der Waals surface area contributed by atoms with Crippen LogP contribution in [0.2, 0.25) is 0 Å². The largest absolute Gasteiger partial charge is 0.504 e.